The van der Waals surface area contributed by atoms with Crippen LogP contribution in [-0.2, 0) is 14.3 Å². The molecule has 0 aromatic heterocycles. The fourth-order valence-electron chi connectivity index (χ4n) is 3.98. The van der Waals surface area contributed by atoms with E-state index in [2.05, 4.69) is 10.6 Å². The van der Waals surface area contributed by atoms with Gasteiger partial charge in [0.05, 0.1) is 17.7 Å². The van der Waals surface area contributed by atoms with Crippen LogP contribution in [0.25, 0.3) is 0 Å². The Morgan fingerprint density at radius 2 is 1.59 bits per heavy atom. The lowest BCUT2D eigenvalue weighted by atomic mass is 9.96. The van der Waals surface area contributed by atoms with E-state index in [0.717, 1.165) is 17.7 Å². The topological polar surface area (TPSA) is 125 Å². The first-order chi connectivity index (χ1) is 16.0. The predicted octanol–water partition coefficient (Wildman–Crippen LogP) is 1.55. The first kappa shape index (κ1) is 25.2. The van der Waals surface area contributed by atoms with Gasteiger partial charge in [-0.3, -0.25) is 24.1 Å². The van der Waals surface area contributed by atoms with Crippen molar-refractivity contribution in [1.29, 1.82) is 0 Å². The average Bonchev–Trinajstić information content (AvgIpc) is 3.03. The number of benzene rings is 1. The summed E-state index contributed by atoms with van der Waals surface area (Å²) in [5.74, 6) is -0.885. The Labute approximate surface area is 199 Å². The molecule has 2 N–H and O–H groups in total. The largest absolute Gasteiger partial charge is 0.444 e. The third-order valence-corrected chi connectivity index (χ3v) is 5.77. The van der Waals surface area contributed by atoms with E-state index in [1.807, 2.05) is 0 Å². The van der Waals surface area contributed by atoms with Crippen LogP contribution >= 0.6 is 0 Å². The number of fused-ring (bicyclic) bond motifs is 1. The summed E-state index contributed by atoms with van der Waals surface area (Å²) in [6.45, 7) is 6.70. The lowest BCUT2D eigenvalue weighted by molar-refractivity contribution is -0.132. The van der Waals surface area contributed by atoms with Gasteiger partial charge >= 0.3 is 6.09 Å². The average molecular weight is 473 g/mol. The van der Waals surface area contributed by atoms with Gasteiger partial charge in [-0.1, -0.05) is 12.1 Å². The zero-order valence-electron chi connectivity index (χ0n) is 19.9. The maximum absolute atomic E-state index is 12.6. The molecule has 0 bridgehead atoms. The van der Waals surface area contributed by atoms with Crippen molar-refractivity contribution in [3.8, 4) is 0 Å². The summed E-state index contributed by atoms with van der Waals surface area (Å²) >= 11 is 0. The molecule has 0 atom stereocenters. The Kier molecular flexibility index (Phi) is 7.90. The van der Waals surface area contributed by atoms with Crippen molar-refractivity contribution in [3.63, 3.8) is 0 Å². The Hall–Kier alpha value is -3.43. The van der Waals surface area contributed by atoms with Crippen LogP contribution in [0.2, 0.25) is 0 Å². The molecule has 2 aliphatic heterocycles. The number of hydrogen-bond donors (Lipinski definition) is 2. The van der Waals surface area contributed by atoms with Crippen molar-refractivity contribution in [3.05, 3.63) is 35.4 Å². The first-order valence-corrected chi connectivity index (χ1v) is 11.5. The molecular weight excluding hydrogens is 440 g/mol. The van der Waals surface area contributed by atoms with Crippen LogP contribution in [0.3, 0.4) is 0 Å². The molecular formula is C24H32N4O6. The molecule has 0 radical (unpaired) electrons. The summed E-state index contributed by atoms with van der Waals surface area (Å²) in [6.07, 6.45) is 0.913. The number of likely N-dealkylation sites (tertiary alicyclic amines) is 1. The SMILES string of the molecule is CC(C)(C)OC(=O)NCC(=O)NCC1CCN(C(=O)CCN2C(=O)c3ccccc3C2=O)CC1. The van der Waals surface area contributed by atoms with E-state index < -0.39 is 11.7 Å². The van der Waals surface area contributed by atoms with E-state index in [4.69, 9.17) is 4.74 Å². The summed E-state index contributed by atoms with van der Waals surface area (Å²) in [7, 11) is 0. The molecule has 5 amide bonds. The third-order valence-electron chi connectivity index (χ3n) is 5.77. The summed E-state index contributed by atoms with van der Waals surface area (Å²) in [6, 6.07) is 6.66. The Morgan fingerprint density at radius 3 is 2.15 bits per heavy atom. The second kappa shape index (κ2) is 10.7. The van der Waals surface area contributed by atoms with Crippen LogP contribution in [0.1, 0.15) is 60.7 Å². The molecule has 10 nitrogen and oxygen atoms in total. The van der Waals surface area contributed by atoms with Crippen molar-refractivity contribution in [2.45, 2.75) is 45.6 Å². The number of carbonyl (C=O) groups excluding carboxylic acids is 5. The van der Waals surface area contributed by atoms with Gasteiger partial charge in [0, 0.05) is 32.6 Å². The number of rotatable bonds is 7. The molecule has 0 aliphatic carbocycles. The van der Waals surface area contributed by atoms with Crippen LogP contribution in [0.15, 0.2) is 24.3 Å². The molecule has 1 fully saturated rings. The number of hydrogen-bond acceptors (Lipinski definition) is 6. The number of piperidine rings is 1. The van der Waals surface area contributed by atoms with E-state index in [-0.39, 0.29) is 49.1 Å². The van der Waals surface area contributed by atoms with Gasteiger partial charge in [0.25, 0.3) is 11.8 Å². The zero-order valence-corrected chi connectivity index (χ0v) is 19.9. The van der Waals surface area contributed by atoms with E-state index in [0.29, 0.717) is 30.8 Å². The smallest absolute Gasteiger partial charge is 0.408 e. The molecule has 0 unspecified atom stereocenters. The summed E-state index contributed by atoms with van der Waals surface area (Å²) in [5, 5.41) is 5.22. The molecule has 0 spiro atoms. The highest BCUT2D eigenvalue weighted by Crippen LogP contribution is 2.23. The first-order valence-electron chi connectivity index (χ1n) is 11.5. The van der Waals surface area contributed by atoms with Crippen molar-refractivity contribution in [2.24, 2.45) is 5.92 Å². The molecule has 2 heterocycles. The van der Waals surface area contributed by atoms with Crippen molar-refractivity contribution >= 4 is 29.7 Å². The van der Waals surface area contributed by atoms with Crippen molar-refractivity contribution in [2.75, 3.05) is 32.7 Å². The lowest BCUT2D eigenvalue weighted by Crippen LogP contribution is -2.44. The van der Waals surface area contributed by atoms with Crippen molar-refractivity contribution < 1.29 is 28.7 Å². The van der Waals surface area contributed by atoms with Crippen LogP contribution in [0.5, 0.6) is 0 Å². The van der Waals surface area contributed by atoms with Gasteiger partial charge in [-0.25, -0.2) is 4.79 Å². The molecule has 184 valence electrons. The van der Waals surface area contributed by atoms with Crippen LogP contribution < -0.4 is 10.6 Å². The Bertz CT molecular complexity index is 927. The summed E-state index contributed by atoms with van der Waals surface area (Å²) in [5.41, 5.74) is 0.129. The number of carbonyl (C=O) groups is 5. The minimum atomic E-state index is -0.643. The molecule has 2 aliphatic rings. The van der Waals surface area contributed by atoms with Crippen LogP contribution in [0.4, 0.5) is 4.79 Å². The monoisotopic (exact) mass is 472 g/mol. The van der Waals surface area contributed by atoms with Gasteiger partial charge in [0.2, 0.25) is 11.8 Å². The number of nitrogens with zero attached hydrogens (tertiary/aromatic N) is 2. The van der Waals surface area contributed by atoms with Crippen LogP contribution in [0, 0.1) is 5.92 Å². The fraction of sp³-hybridized carbons (Fsp3) is 0.542. The normalized spacial score (nSPS) is 16.3. The molecule has 3 rings (SSSR count). The van der Waals surface area contributed by atoms with Gasteiger partial charge in [-0.15, -0.1) is 0 Å². The second-order valence-corrected chi connectivity index (χ2v) is 9.54. The molecule has 34 heavy (non-hydrogen) atoms. The highest BCUT2D eigenvalue weighted by Gasteiger charge is 2.35. The quantitative estimate of drug-likeness (QED) is 0.580. The lowest BCUT2D eigenvalue weighted by Gasteiger charge is -2.32. The second-order valence-electron chi connectivity index (χ2n) is 9.54. The molecule has 1 aromatic rings. The molecule has 0 saturated carbocycles. The standard InChI is InChI=1S/C24H32N4O6/c1-24(2,3)34-23(33)26-15-19(29)25-14-16-8-11-27(12-9-16)20(30)10-13-28-21(31)17-6-4-5-7-18(17)22(28)32/h4-7,16H,8-15H2,1-3H3,(H,25,29)(H,26,33). The van der Waals surface area contributed by atoms with Crippen molar-refractivity contribution in [1.82, 2.24) is 20.4 Å². The minimum absolute atomic E-state index is 0.0613. The van der Waals surface area contributed by atoms with E-state index in [1.165, 1.54) is 0 Å². The number of alkyl carbamates (subject to hydrolysis) is 1. The molecule has 1 saturated heterocycles. The van der Waals surface area contributed by atoms with Gasteiger partial charge in [0.15, 0.2) is 0 Å². The fourth-order valence-corrected chi connectivity index (χ4v) is 3.98. The number of ether oxygens (including phenoxy) is 1. The summed E-state index contributed by atoms with van der Waals surface area (Å²) in [4.78, 5) is 63.9. The van der Waals surface area contributed by atoms with Gasteiger partial charge in [-0.05, 0) is 51.7 Å². The highest BCUT2D eigenvalue weighted by molar-refractivity contribution is 6.21. The van der Waals surface area contributed by atoms with Gasteiger partial charge in [0.1, 0.15) is 5.60 Å². The summed E-state index contributed by atoms with van der Waals surface area (Å²) < 4.78 is 5.09. The minimum Gasteiger partial charge on any atom is -0.444 e. The Balaban J connectivity index is 1.34. The van der Waals surface area contributed by atoms with E-state index >= 15 is 0 Å². The molecule has 1 aromatic carbocycles. The maximum Gasteiger partial charge on any atom is 0.408 e. The predicted molar refractivity (Wildman–Crippen MR) is 123 cm³/mol. The van der Waals surface area contributed by atoms with E-state index in [9.17, 15) is 24.0 Å². The number of amides is 5. The van der Waals surface area contributed by atoms with E-state index in [1.54, 1.807) is 49.9 Å². The number of nitrogens with one attached hydrogen (secondary N) is 2. The number of imide groups is 1. The zero-order chi connectivity index (χ0) is 24.9. The van der Waals surface area contributed by atoms with Crippen LogP contribution in [-0.4, -0.2) is 77.8 Å². The van der Waals surface area contributed by atoms with Gasteiger partial charge < -0.3 is 20.3 Å². The Morgan fingerprint density at radius 1 is 1.00 bits per heavy atom. The highest BCUT2D eigenvalue weighted by atomic mass is 16.6. The molecule has 10 heteroatoms. The maximum atomic E-state index is 12.6. The van der Waals surface area contributed by atoms with Gasteiger partial charge in [-0.2, -0.15) is 0 Å². The third kappa shape index (κ3) is 6.55.